The van der Waals surface area contributed by atoms with E-state index in [1.165, 1.54) is 95.9 Å². The lowest BCUT2D eigenvalue weighted by atomic mass is 9.87. The van der Waals surface area contributed by atoms with Crippen LogP contribution in [0.15, 0.2) is 188 Å². The maximum absolute atomic E-state index is 5.53. The second-order valence-corrected chi connectivity index (χ2v) is 17.1. The molecule has 0 amide bonds. The summed E-state index contributed by atoms with van der Waals surface area (Å²) in [6.45, 7) is 0. The molecule has 0 spiro atoms. The minimum Gasteiger partial charge on any atom is -0.278 e. The molecule has 14 aromatic rings. The third-order valence-electron chi connectivity index (χ3n) is 12.9. The first kappa shape index (κ1) is 32.3. The number of hydrogen-bond donors (Lipinski definition) is 0. The summed E-state index contributed by atoms with van der Waals surface area (Å²) in [4.78, 5) is 10.9. The number of hydrogen-bond acceptors (Lipinski definition) is 3. The van der Waals surface area contributed by atoms with E-state index in [4.69, 9.17) is 9.97 Å². The van der Waals surface area contributed by atoms with Crippen LogP contribution < -0.4 is 0 Å². The first-order chi connectivity index (χ1) is 29.8. The molecule has 0 fully saturated rings. The van der Waals surface area contributed by atoms with Crippen molar-refractivity contribution in [2.75, 3.05) is 0 Å². The zero-order valence-corrected chi connectivity index (χ0v) is 33.0. The van der Waals surface area contributed by atoms with Gasteiger partial charge in [0.1, 0.15) is 0 Å². The summed E-state index contributed by atoms with van der Waals surface area (Å²) in [5.41, 5.74) is 7.49. The number of para-hydroxylation sites is 2. The minimum atomic E-state index is 0.664. The molecular weight excluding hydrogens is 747 g/mol. The Balaban J connectivity index is 1.07. The molecular formula is C56H31N3S. The van der Waals surface area contributed by atoms with E-state index >= 15 is 0 Å². The van der Waals surface area contributed by atoms with Crippen molar-refractivity contribution in [2.24, 2.45) is 0 Å². The lowest BCUT2D eigenvalue weighted by Gasteiger charge is -2.17. The number of benzene rings is 11. The fourth-order valence-corrected chi connectivity index (χ4v) is 11.6. The van der Waals surface area contributed by atoms with E-state index in [1.807, 2.05) is 11.3 Å². The quantitative estimate of drug-likeness (QED) is 0.132. The third kappa shape index (κ3) is 4.32. The number of aromatic nitrogens is 3. The first-order valence-electron chi connectivity index (χ1n) is 20.5. The number of fused-ring (bicyclic) bond motifs is 12. The van der Waals surface area contributed by atoms with E-state index in [0.717, 1.165) is 33.2 Å². The molecule has 0 aliphatic rings. The number of nitrogens with zero attached hydrogens (tertiary/aromatic N) is 3. The molecule has 14 rings (SSSR count). The standard InChI is InChI=1S/C56H31N3S/c1-2-14-35-32(12-1)13-9-18-36(35)33-26-28-34(29-27-33)55-39-15-3-6-23-46(39)57-56(58-55)59-47-24-7-4-16-40(47)53-42-21-10-19-37-38-20-11-22-43-52(38)45(44(51(37)42)30-48(53)59)31-50-54(43)41-17-5-8-25-49(41)60-50/h1-31H. The summed E-state index contributed by atoms with van der Waals surface area (Å²) in [6.07, 6.45) is 0. The molecule has 4 heteroatoms. The van der Waals surface area contributed by atoms with Crippen molar-refractivity contribution in [2.45, 2.75) is 0 Å². The van der Waals surface area contributed by atoms with Crippen LogP contribution in [0.5, 0.6) is 0 Å². The molecule has 3 heterocycles. The van der Waals surface area contributed by atoms with Crippen LogP contribution in [0.3, 0.4) is 0 Å². The largest absolute Gasteiger partial charge is 0.278 e. The normalized spacial score (nSPS) is 12.3. The van der Waals surface area contributed by atoms with Gasteiger partial charge >= 0.3 is 0 Å². The first-order valence-corrected chi connectivity index (χ1v) is 21.3. The van der Waals surface area contributed by atoms with Gasteiger partial charge in [0.25, 0.3) is 0 Å². The summed E-state index contributed by atoms with van der Waals surface area (Å²) in [7, 11) is 0. The van der Waals surface area contributed by atoms with E-state index in [2.05, 4.69) is 193 Å². The summed E-state index contributed by atoms with van der Waals surface area (Å²) in [6, 6.07) is 68.7. The minimum absolute atomic E-state index is 0.664. The Morgan fingerprint density at radius 2 is 0.950 bits per heavy atom. The van der Waals surface area contributed by atoms with Gasteiger partial charge in [0.15, 0.2) is 0 Å². The highest BCUT2D eigenvalue weighted by Crippen LogP contribution is 2.49. The van der Waals surface area contributed by atoms with Crippen molar-refractivity contribution in [3.8, 4) is 28.3 Å². The van der Waals surface area contributed by atoms with Gasteiger partial charge < -0.3 is 0 Å². The molecule has 0 atom stereocenters. The average Bonchev–Trinajstić information content (AvgIpc) is 3.86. The fourth-order valence-electron chi connectivity index (χ4n) is 10.4. The summed E-state index contributed by atoms with van der Waals surface area (Å²) in [5, 5.41) is 18.9. The van der Waals surface area contributed by atoms with Crippen LogP contribution in [-0.4, -0.2) is 14.5 Å². The Morgan fingerprint density at radius 3 is 1.78 bits per heavy atom. The van der Waals surface area contributed by atoms with E-state index in [-0.39, 0.29) is 0 Å². The molecule has 3 nitrogen and oxygen atoms in total. The zero-order chi connectivity index (χ0) is 39.1. The van der Waals surface area contributed by atoms with Gasteiger partial charge in [0.2, 0.25) is 5.95 Å². The predicted octanol–water partition coefficient (Wildman–Crippen LogP) is 15.6. The van der Waals surface area contributed by atoms with Crippen LogP contribution in [0.1, 0.15) is 0 Å². The Hall–Kier alpha value is -7.66. The van der Waals surface area contributed by atoms with Crippen molar-refractivity contribution in [1.82, 2.24) is 14.5 Å². The van der Waals surface area contributed by atoms with Gasteiger partial charge in [-0.2, -0.15) is 0 Å². The van der Waals surface area contributed by atoms with Gasteiger partial charge in [-0.3, -0.25) is 4.57 Å². The van der Waals surface area contributed by atoms with Crippen LogP contribution in [0.2, 0.25) is 0 Å². The van der Waals surface area contributed by atoms with Crippen LogP contribution in [-0.2, 0) is 0 Å². The smallest absolute Gasteiger partial charge is 0.235 e. The molecule has 276 valence electrons. The van der Waals surface area contributed by atoms with Crippen LogP contribution in [0, 0.1) is 0 Å². The van der Waals surface area contributed by atoms with Gasteiger partial charge in [0, 0.05) is 41.9 Å². The van der Waals surface area contributed by atoms with Gasteiger partial charge in [-0.05, 0) is 95.3 Å². The van der Waals surface area contributed by atoms with E-state index in [0.29, 0.717) is 5.95 Å². The fraction of sp³-hybridized carbons (Fsp3) is 0. The third-order valence-corrected chi connectivity index (χ3v) is 14.0. The van der Waals surface area contributed by atoms with Gasteiger partial charge in [0.05, 0.1) is 22.2 Å². The van der Waals surface area contributed by atoms with Crippen LogP contribution in [0.25, 0.3) is 135 Å². The van der Waals surface area contributed by atoms with Crippen LogP contribution in [0.4, 0.5) is 0 Å². The van der Waals surface area contributed by atoms with Gasteiger partial charge in [-0.25, -0.2) is 9.97 Å². The molecule has 11 aromatic carbocycles. The predicted molar refractivity (Wildman–Crippen MR) is 256 cm³/mol. The SMILES string of the molecule is c1ccc2c(-c3ccc(-c4nc(-n5c6ccccc6c6c7cccc8c9cccc%10c%11c(cc(c(cc65)c87)c9%10)sc5ccccc5%11)nc5ccccc45)cc3)cccc2c1. The molecule has 0 saturated carbocycles. The maximum atomic E-state index is 5.53. The lowest BCUT2D eigenvalue weighted by Crippen LogP contribution is -2.03. The van der Waals surface area contributed by atoms with Gasteiger partial charge in [-0.15, -0.1) is 11.3 Å². The molecule has 0 radical (unpaired) electrons. The average molecular weight is 778 g/mol. The van der Waals surface area contributed by atoms with Crippen molar-refractivity contribution >= 4 is 118 Å². The van der Waals surface area contributed by atoms with Gasteiger partial charge in [-0.1, -0.05) is 158 Å². The molecule has 0 aliphatic heterocycles. The second-order valence-electron chi connectivity index (χ2n) is 16.0. The Morgan fingerprint density at radius 1 is 0.350 bits per heavy atom. The highest BCUT2D eigenvalue weighted by molar-refractivity contribution is 7.26. The maximum Gasteiger partial charge on any atom is 0.235 e. The molecule has 0 aliphatic carbocycles. The number of rotatable bonds is 3. The topological polar surface area (TPSA) is 30.7 Å². The highest BCUT2D eigenvalue weighted by atomic mass is 32.1. The lowest BCUT2D eigenvalue weighted by molar-refractivity contribution is 1.01. The van der Waals surface area contributed by atoms with Crippen molar-refractivity contribution in [3.05, 3.63) is 188 Å². The second kappa shape index (κ2) is 12.0. The van der Waals surface area contributed by atoms with Crippen LogP contribution >= 0.6 is 11.3 Å². The summed E-state index contributed by atoms with van der Waals surface area (Å²) in [5.74, 6) is 0.664. The molecule has 0 unspecified atom stereocenters. The molecule has 0 N–H and O–H groups in total. The Kier molecular flexibility index (Phi) is 6.44. The molecule has 3 aromatic heterocycles. The Labute approximate surface area is 347 Å². The van der Waals surface area contributed by atoms with E-state index < -0.39 is 0 Å². The summed E-state index contributed by atoms with van der Waals surface area (Å²) < 4.78 is 4.95. The molecule has 0 bridgehead atoms. The molecule has 60 heavy (non-hydrogen) atoms. The number of thiophene rings is 1. The monoisotopic (exact) mass is 777 g/mol. The summed E-state index contributed by atoms with van der Waals surface area (Å²) >= 11 is 1.89. The van der Waals surface area contributed by atoms with E-state index in [9.17, 15) is 0 Å². The van der Waals surface area contributed by atoms with Crippen molar-refractivity contribution in [3.63, 3.8) is 0 Å². The highest BCUT2D eigenvalue weighted by Gasteiger charge is 2.23. The Bertz CT molecular complexity index is 4110. The zero-order valence-electron chi connectivity index (χ0n) is 32.1. The van der Waals surface area contributed by atoms with Crippen molar-refractivity contribution < 1.29 is 0 Å². The molecule has 0 saturated heterocycles. The van der Waals surface area contributed by atoms with Crippen molar-refractivity contribution in [1.29, 1.82) is 0 Å². The van der Waals surface area contributed by atoms with E-state index in [1.54, 1.807) is 0 Å².